The highest BCUT2D eigenvalue weighted by atomic mass is 32.1. The normalized spacial score (nSPS) is 10.9. The fourth-order valence-corrected chi connectivity index (χ4v) is 7.56. The number of hydrogen-bond acceptors (Lipinski definition) is 8. The molecule has 0 fully saturated rings. The van der Waals surface area contributed by atoms with Gasteiger partial charge in [-0.2, -0.15) is 0 Å². The van der Waals surface area contributed by atoms with E-state index in [-0.39, 0.29) is 11.9 Å². The Morgan fingerprint density at radius 3 is 1.39 bits per heavy atom. The summed E-state index contributed by atoms with van der Waals surface area (Å²) in [5.41, 5.74) is 3.87. The topological polar surface area (TPSA) is 52.6 Å². The van der Waals surface area contributed by atoms with E-state index in [1.165, 1.54) is 22.7 Å². The first-order valence-corrected chi connectivity index (χ1v) is 14.8. The highest BCUT2D eigenvalue weighted by Crippen LogP contribution is 2.42. The van der Waals surface area contributed by atoms with Crippen LogP contribution in [-0.4, -0.2) is 25.2 Å². The first-order chi connectivity index (χ1) is 17.6. The third kappa shape index (κ3) is 4.95. The van der Waals surface area contributed by atoms with Crippen LogP contribution in [0.4, 0.5) is 0 Å². The van der Waals surface area contributed by atoms with E-state index in [1.54, 1.807) is 22.7 Å². The van der Waals surface area contributed by atoms with Gasteiger partial charge in [-0.1, -0.05) is 36.4 Å². The Morgan fingerprint density at radius 1 is 0.639 bits per heavy atom. The lowest BCUT2D eigenvalue weighted by Crippen LogP contribution is -2.03. The van der Waals surface area contributed by atoms with E-state index < -0.39 is 0 Å². The molecule has 5 aromatic rings. The summed E-state index contributed by atoms with van der Waals surface area (Å²) in [6.45, 7) is 4.31. The first-order valence-electron chi connectivity index (χ1n) is 11.4. The zero-order valence-corrected chi connectivity index (χ0v) is 22.9. The molecule has 4 aromatic heterocycles. The lowest BCUT2D eigenvalue weighted by molar-refractivity contribution is 0.0523. The van der Waals surface area contributed by atoms with Crippen molar-refractivity contribution in [1.82, 2.24) is 0 Å². The number of ether oxygens (including phenoxy) is 2. The quantitative estimate of drug-likeness (QED) is 0.181. The minimum absolute atomic E-state index is 0.292. The van der Waals surface area contributed by atoms with E-state index in [2.05, 4.69) is 36.4 Å². The van der Waals surface area contributed by atoms with Crippen LogP contribution in [0.5, 0.6) is 0 Å². The van der Waals surface area contributed by atoms with E-state index in [1.807, 2.05) is 48.9 Å². The van der Waals surface area contributed by atoms with Crippen molar-refractivity contribution in [1.29, 1.82) is 0 Å². The third-order valence-electron chi connectivity index (χ3n) is 5.41. The van der Waals surface area contributed by atoms with Gasteiger partial charge in [-0.3, -0.25) is 0 Å². The molecule has 0 unspecified atom stereocenters. The molecular formula is C28H22O4S4. The Hall–Kier alpha value is -3.04. The van der Waals surface area contributed by atoms with Crippen molar-refractivity contribution in [3.63, 3.8) is 0 Å². The summed E-state index contributed by atoms with van der Waals surface area (Å²) in [6, 6.07) is 20.4. The van der Waals surface area contributed by atoms with Crippen LogP contribution in [0, 0.1) is 0 Å². The fraction of sp³-hybridized carbons (Fsp3) is 0.143. The number of rotatable bonds is 8. The Bertz CT molecular complexity index is 1360. The van der Waals surface area contributed by atoms with Gasteiger partial charge in [0.1, 0.15) is 9.75 Å². The predicted molar refractivity (Wildman–Crippen MR) is 152 cm³/mol. The SMILES string of the molecule is CCOC(=O)c1sc(-c2ccc(-c3cc(-c4cccs4)c(C(=O)OCC)s3)cc2)cc1-c1cccs1. The maximum Gasteiger partial charge on any atom is 0.348 e. The minimum Gasteiger partial charge on any atom is -0.462 e. The van der Waals surface area contributed by atoms with Crippen LogP contribution in [0.2, 0.25) is 0 Å². The standard InChI is InChI=1S/C28H22O4S4/c1-3-31-27(29)25-19(21-7-5-13-33-21)15-23(35-25)17-9-11-18(12-10-17)24-16-20(22-8-6-14-34-22)26(36-24)28(30)32-4-2/h5-16H,3-4H2,1-2H3. The molecule has 36 heavy (non-hydrogen) atoms. The number of benzene rings is 1. The minimum atomic E-state index is -0.292. The molecule has 0 saturated heterocycles. The van der Waals surface area contributed by atoms with E-state index >= 15 is 0 Å². The molecule has 0 radical (unpaired) electrons. The predicted octanol–water partition coefficient (Wildman–Crippen LogP) is 8.95. The van der Waals surface area contributed by atoms with Gasteiger partial charge in [0, 0.05) is 30.6 Å². The molecule has 1 aromatic carbocycles. The van der Waals surface area contributed by atoms with Gasteiger partial charge in [-0.25, -0.2) is 9.59 Å². The number of hydrogen-bond donors (Lipinski definition) is 0. The number of thiophene rings is 4. The van der Waals surface area contributed by atoms with Gasteiger partial charge in [0.05, 0.1) is 13.2 Å². The lowest BCUT2D eigenvalue weighted by Gasteiger charge is -2.01. The van der Waals surface area contributed by atoms with Crippen molar-refractivity contribution in [2.45, 2.75) is 13.8 Å². The second-order valence-corrected chi connectivity index (χ2v) is 11.7. The molecule has 0 aliphatic carbocycles. The molecule has 0 aliphatic rings. The molecule has 0 atom stereocenters. The molecule has 0 spiro atoms. The fourth-order valence-electron chi connectivity index (χ4n) is 3.79. The summed E-state index contributed by atoms with van der Waals surface area (Å²) < 4.78 is 10.6. The first kappa shape index (κ1) is 24.6. The van der Waals surface area contributed by atoms with Gasteiger partial charge in [-0.15, -0.1) is 45.3 Å². The van der Waals surface area contributed by atoms with Gasteiger partial charge in [-0.05, 0) is 60.0 Å². The molecule has 182 valence electrons. The molecule has 4 heterocycles. The van der Waals surface area contributed by atoms with Gasteiger partial charge >= 0.3 is 11.9 Å². The zero-order valence-electron chi connectivity index (χ0n) is 19.6. The second-order valence-electron chi connectivity index (χ2n) is 7.68. The van der Waals surface area contributed by atoms with Crippen LogP contribution < -0.4 is 0 Å². The zero-order chi connectivity index (χ0) is 25.1. The Kier molecular flexibility index (Phi) is 7.48. The van der Waals surface area contributed by atoms with E-state index in [0.717, 1.165) is 41.8 Å². The molecule has 0 saturated carbocycles. The largest absolute Gasteiger partial charge is 0.462 e. The molecule has 5 rings (SSSR count). The van der Waals surface area contributed by atoms with Crippen molar-refractivity contribution in [2.75, 3.05) is 13.2 Å². The van der Waals surface area contributed by atoms with Crippen molar-refractivity contribution >= 4 is 57.3 Å². The molecular weight excluding hydrogens is 529 g/mol. The van der Waals surface area contributed by atoms with Crippen molar-refractivity contribution in [2.24, 2.45) is 0 Å². The number of carbonyl (C=O) groups excluding carboxylic acids is 2. The lowest BCUT2D eigenvalue weighted by atomic mass is 10.1. The summed E-state index contributed by atoms with van der Waals surface area (Å²) >= 11 is 6.11. The van der Waals surface area contributed by atoms with Gasteiger partial charge < -0.3 is 9.47 Å². The maximum atomic E-state index is 12.6. The summed E-state index contributed by atoms with van der Waals surface area (Å²) in [5.74, 6) is -0.583. The molecule has 0 aliphatic heterocycles. The van der Waals surface area contributed by atoms with Crippen LogP contribution >= 0.6 is 45.3 Å². The van der Waals surface area contributed by atoms with Crippen molar-refractivity contribution in [3.05, 3.63) is 81.2 Å². The van der Waals surface area contributed by atoms with Crippen LogP contribution in [0.3, 0.4) is 0 Å². The van der Waals surface area contributed by atoms with E-state index in [9.17, 15) is 9.59 Å². The smallest absolute Gasteiger partial charge is 0.348 e. The van der Waals surface area contributed by atoms with Crippen LogP contribution in [0.15, 0.2) is 71.4 Å². The Labute approximate surface area is 225 Å². The van der Waals surface area contributed by atoms with Crippen molar-refractivity contribution < 1.29 is 19.1 Å². The monoisotopic (exact) mass is 550 g/mol. The average Bonchev–Trinajstić information content (AvgIpc) is 3.69. The summed E-state index contributed by atoms with van der Waals surface area (Å²) in [5, 5.41) is 4.01. The highest BCUT2D eigenvalue weighted by molar-refractivity contribution is 7.19. The van der Waals surface area contributed by atoms with Gasteiger partial charge in [0.25, 0.3) is 0 Å². The number of carbonyl (C=O) groups is 2. The molecule has 0 N–H and O–H groups in total. The summed E-state index contributed by atoms with van der Waals surface area (Å²) in [4.78, 5) is 30.6. The van der Waals surface area contributed by atoms with Crippen LogP contribution in [0.1, 0.15) is 33.2 Å². The van der Waals surface area contributed by atoms with Crippen LogP contribution in [-0.2, 0) is 9.47 Å². The summed E-state index contributed by atoms with van der Waals surface area (Å²) in [7, 11) is 0. The third-order valence-corrected chi connectivity index (χ3v) is 9.55. The van der Waals surface area contributed by atoms with Gasteiger partial charge in [0.15, 0.2) is 0 Å². The second kappa shape index (κ2) is 10.9. The highest BCUT2D eigenvalue weighted by Gasteiger charge is 2.22. The van der Waals surface area contributed by atoms with Crippen molar-refractivity contribution in [3.8, 4) is 41.8 Å². The number of esters is 2. The summed E-state index contributed by atoms with van der Waals surface area (Å²) in [6.07, 6.45) is 0. The molecule has 8 heteroatoms. The maximum absolute atomic E-state index is 12.6. The van der Waals surface area contributed by atoms with Gasteiger partial charge in [0.2, 0.25) is 0 Å². The molecule has 0 bridgehead atoms. The molecule has 0 amide bonds. The van der Waals surface area contributed by atoms with E-state index in [0.29, 0.717) is 23.0 Å². The van der Waals surface area contributed by atoms with E-state index in [4.69, 9.17) is 9.47 Å². The molecule has 4 nitrogen and oxygen atoms in total. The average molecular weight is 551 g/mol. The Balaban J connectivity index is 1.49. The van der Waals surface area contributed by atoms with Crippen LogP contribution in [0.25, 0.3) is 41.8 Å². The Morgan fingerprint density at radius 2 is 1.06 bits per heavy atom.